The molecule has 2 fully saturated rings. The number of benzene rings is 2. The molecule has 0 radical (unpaired) electrons. The van der Waals surface area contributed by atoms with Crippen LogP contribution in [0.2, 0.25) is 5.02 Å². The average Bonchev–Trinajstić information content (AvgIpc) is 3.51. The molecule has 3 aromatic rings. The van der Waals surface area contributed by atoms with Gasteiger partial charge in [-0.2, -0.15) is 4.72 Å². The van der Waals surface area contributed by atoms with E-state index in [9.17, 15) is 9.35 Å². The number of anilines is 2. The molecular weight excluding hydrogens is 518 g/mol. The lowest BCUT2D eigenvalue weighted by Gasteiger charge is -2.26. The van der Waals surface area contributed by atoms with Gasteiger partial charge in [-0.25, -0.2) is 0 Å². The van der Waals surface area contributed by atoms with Crippen LogP contribution in [-0.4, -0.2) is 63.7 Å². The Labute approximate surface area is 222 Å². The van der Waals surface area contributed by atoms with E-state index >= 15 is 0 Å². The van der Waals surface area contributed by atoms with Gasteiger partial charge in [0.25, 0.3) is 0 Å². The van der Waals surface area contributed by atoms with Crippen molar-refractivity contribution in [2.75, 3.05) is 42.5 Å². The summed E-state index contributed by atoms with van der Waals surface area (Å²) in [5.41, 5.74) is 3.22. The molecule has 0 bridgehead atoms. The first kappa shape index (κ1) is 25.4. The Hall–Kier alpha value is -2.21. The summed E-state index contributed by atoms with van der Waals surface area (Å²) in [5.74, 6) is -0.0167. The predicted octanol–water partition coefficient (Wildman–Crippen LogP) is 3.69. The fraction of sp³-hybridized carbons (Fsp3) is 0.400. The van der Waals surface area contributed by atoms with E-state index in [2.05, 4.69) is 32.0 Å². The van der Waals surface area contributed by atoms with E-state index in [0.29, 0.717) is 16.7 Å². The summed E-state index contributed by atoms with van der Waals surface area (Å²) in [6.07, 6.45) is 1.80. The summed E-state index contributed by atoms with van der Waals surface area (Å²) >= 11 is 5.90. The maximum atomic E-state index is 13.0. The van der Waals surface area contributed by atoms with E-state index in [1.165, 1.54) is 22.5 Å². The van der Waals surface area contributed by atoms with Gasteiger partial charge < -0.3 is 14.2 Å². The highest BCUT2D eigenvalue weighted by Crippen LogP contribution is 2.28. The van der Waals surface area contributed by atoms with Crippen LogP contribution in [0.3, 0.4) is 0 Å². The van der Waals surface area contributed by atoms with Gasteiger partial charge in [0.2, 0.25) is 11.0 Å². The number of halogens is 1. The number of carbonyl (C=O) groups is 1. The molecule has 2 saturated heterocycles. The smallest absolute Gasteiger partial charge is 0.247 e. The van der Waals surface area contributed by atoms with Gasteiger partial charge in [0.1, 0.15) is 5.01 Å². The minimum atomic E-state index is -1.44. The van der Waals surface area contributed by atoms with E-state index in [1.807, 2.05) is 36.4 Å². The summed E-state index contributed by atoms with van der Waals surface area (Å²) in [4.78, 5) is 16.8. The Kier molecular flexibility index (Phi) is 8.40. The molecule has 2 aromatic carbocycles. The van der Waals surface area contributed by atoms with Crippen molar-refractivity contribution in [1.82, 2.24) is 15.1 Å². The number of hydrogen-bond acceptors (Lipinski definition) is 8. The molecule has 0 saturated carbocycles. The fourth-order valence-corrected chi connectivity index (χ4v) is 6.42. The molecule has 11 heteroatoms. The molecule has 3 heterocycles. The van der Waals surface area contributed by atoms with Gasteiger partial charge in [0, 0.05) is 36.8 Å². The average molecular weight is 546 g/mol. The minimum Gasteiger partial charge on any atom is -0.593 e. The molecule has 8 nitrogen and oxygen atoms in total. The van der Waals surface area contributed by atoms with Crippen molar-refractivity contribution in [3.8, 4) is 0 Å². The third kappa shape index (κ3) is 6.56. The van der Waals surface area contributed by atoms with Gasteiger partial charge in [-0.3, -0.25) is 9.69 Å². The highest BCUT2D eigenvalue weighted by atomic mass is 35.5. The van der Waals surface area contributed by atoms with Crippen LogP contribution in [0.15, 0.2) is 48.5 Å². The van der Waals surface area contributed by atoms with Gasteiger partial charge in [-0.1, -0.05) is 47.2 Å². The van der Waals surface area contributed by atoms with Crippen LogP contribution in [0.1, 0.15) is 22.6 Å². The monoisotopic (exact) mass is 545 g/mol. The maximum absolute atomic E-state index is 13.0. The highest BCUT2D eigenvalue weighted by molar-refractivity contribution is 7.93. The zero-order valence-electron chi connectivity index (χ0n) is 19.8. The molecule has 1 amide bonds. The fourth-order valence-electron chi connectivity index (χ4n) is 4.33. The normalized spacial score (nSPS) is 19.6. The SMILES string of the molecule is O=C1CC([S@@+]([O-])Nc2nnc(CCc3ccc(Cl)cc3)s2)CN1c1ccc(CN2CCOCC2)cc1. The topological polar surface area (TPSA) is 93.6 Å². The minimum absolute atomic E-state index is 0.0167. The zero-order valence-corrected chi connectivity index (χ0v) is 22.2. The van der Waals surface area contributed by atoms with Gasteiger partial charge in [0.05, 0.1) is 37.5 Å². The second kappa shape index (κ2) is 11.9. The van der Waals surface area contributed by atoms with E-state index in [4.69, 9.17) is 16.3 Å². The molecular formula is C25H28ClN5O3S2. The van der Waals surface area contributed by atoms with Crippen molar-refractivity contribution in [3.63, 3.8) is 0 Å². The summed E-state index contributed by atoms with van der Waals surface area (Å²) in [6, 6.07) is 15.8. The molecule has 5 rings (SSSR count). The number of amides is 1. The third-order valence-corrected chi connectivity index (χ3v) is 8.94. The number of ether oxygens (including phenoxy) is 1. The van der Waals surface area contributed by atoms with E-state index in [-0.39, 0.29) is 17.6 Å². The maximum Gasteiger partial charge on any atom is 0.247 e. The Balaban J connectivity index is 1.12. The number of nitrogens with one attached hydrogen (secondary N) is 1. The quantitative estimate of drug-likeness (QED) is 0.410. The molecule has 1 N–H and O–H groups in total. The van der Waals surface area contributed by atoms with E-state index in [0.717, 1.165) is 56.4 Å². The predicted molar refractivity (Wildman–Crippen MR) is 144 cm³/mol. The molecule has 36 heavy (non-hydrogen) atoms. The summed E-state index contributed by atoms with van der Waals surface area (Å²) in [6.45, 7) is 4.70. The number of aryl methyl sites for hydroxylation is 2. The Bertz CT molecular complexity index is 1160. The molecule has 1 unspecified atom stereocenters. The number of aromatic nitrogens is 2. The summed E-state index contributed by atoms with van der Waals surface area (Å²) in [7, 11) is 0. The molecule has 0 aliphatic carbocycles. The van der Waals surface area contributed by atoms with Crippen LogP contribution in [0.25, 0.3) is 0 Å². The summed E-state index contributed by atoms with van der Waals surface area (Å²) in [5, 5.41) is 10.1. The van der Waals surface area contributed by atoms with Gasteiger partial charge >= 0.3 is 0 Å². The number of hydrogen-bond donors (Lipinski definition) is 1. The number of nitrogens with zero attached hydrogens (tertiary/aromatic N) is 4. The molecule has 2 aliphatic rings. The van der Waals surface area contributed by atoms with Crippen molar-refractivity contribution >= 4 is 51.0 Å². The molecule has 1 aromatic heterocycles. The van der Waals surface area contributed by atoms with Gasteiger partial charge in [-0.05, 0) is 41.8 Å². The Morgan fingerprint density at radius 2 is 1.78 bits per heavy atom. The molecule has 2 aliphatic heterocycles. The molecule has 2 atom stereocenters. The highest BCUT2D eigenvalue weighted by Gasteiger charge is 2.39. The van der Waals surface area contributed by atoms with Gasteiger partial charge in [-0.15, -0.1) is 10.2 Å². The standard InChI is InChI=1S/C25H28ClN5O3S2/c26-20-6-1-18(2-7-20)5-10-23-27-28-25(35-23)29-36(33)22-15-24(32)31(17-22)21-8-3-19(4-9-21)16-30-11-13-34-14-12-30/h1-4,6-9,22H,5,10-17H2,(H,28,29)/t22?,36-/m1/s1. The lowest BCUT2D eigenvalue weighted by Crippen LogP contribution is -2.35. The second-order valence-electron chi connectivity index (χ2n) is 8.91. The lowest BCUT2D eigenvalue weighted by atomic mass is 10.1. The number of carbonyl (C=O) groups excluding carboxylic acids is 1. The van der Waals surface area contributed by atoms with Crippen LogP contribution in [0.4, 0.5) is 10.8 Å². The number of rotatable bonds is 9. The number of morpholine rings is 1. The zero-order chi connectivity index (χ0) is 24.9. The van der Waals surface area contributed by atoms with Crippen molar-refractivity contribution in [1.29, 1.82) is 0 Å². The van der Waals surface area contributed by atoms with Crippen molar-refractivity contribution < 1.29 is 14.1 Å². The van der Waals surface area contributed by atoms with Crippen LogP contribution < -0.4 is 9.62 Å². The second-order valence-corrected chi connectivity index (χ2v) is 11.9. The van der Waals surface area contributed by atoms with Crippen LogP contribution in [0.5, 0.6) is 0 Å². The van der Waals surface area contributed by atoms with Crippen LogP contribution in [-0.2, 0) is 40.3 Å². The lowest BCUT2D eigenvalue weighted by molar-refractivity contribution is -0.117. The molecule has 190 valence electrons. The van der Waals surface area contributed by atoms with Gasteiger partial charge in [0.15, 0.2) is 5.25 Å². The van der Waals surface area contributed by atoms with Crippen molar-refractivity contribution in [2.45, 2.75) is 31.1 Å². The Morgan fingerprint density at radius 3 is 2.53 bits per heavy atom. The third-order valence-electron chi connectivity index (χ3n) is 6.35. The summed E-state index contributed by atoms with van der Waals surface area (Å²) < 4.78 is 21.3. The largest absolute Gasteiger partial charge is 0.593 e. The van der Waals surface area contributed by atoms with Crippen LogP contribution in [0, 0.1) is 0 Å². The van der Waals surface area contributed by atoms with Crippen molar-refractivity contribution in [3.05, 3.63) is 69.7 Å². The first-order chi connectivity index (χ1) is 17.5. The van der Waals surface area contributed by atoms with Crippen LogP contribution >= 0.6 is 22.9 Å². The van der Waals surface area contributed by atoms with Crippen molar-refractivity contribution in [2.24, 2.45) is 0 Å². The first-order valence-corrected chi connectivity index (χ1v) is 14.4. The van der Waals surface area contributed by atoms with E-state index in [1.54, 1.807) is 4.90 Å². The Morgan fingerprint density at radius 1 is 1.06 bits per heavy atom. The van der Waals surface area contributed by atoms with E-state index < -0.39 is 11.4 Å². The molecule has 0 spiro atoms. The first-order valence-electron chi connectivity index (χ1n) is 12.0.